The predicted octanol–water partition coefficient (Wildman–Crippen LogP) is 1.17. The van der Waals surface area contributed by atoms with E-state index in [1.54, 1.807) is 22.8 Å². The van der Waals surface area contributed by atoms with E-state index < -0.39 is 0 Å². The van der Waals surface area contributed by atoms with E-state index in [4.69, 9.17) is 4.74 Å². The first kappa shape index (κ1) is 18.4. The number of hydrogen-bond acceptors (Lipinski definition) is 6. The van der Waals surface area contributed by atoms with Crippen molar-refractivity contribution in [2.75, 3.05) is 45.9 Å². The Bertz CT molecular complexity index is 646. The van der Waals surface area contributed by atoms with Crippen LogP contribution in [0.3, 0.4) is 0 Å². The Balaban J connectivity index is 1.57. The van der Waals surface area contributed by atoms with Crippen LogP contribution in [0.15, 0.2) is 18.3 Å². The molecular formula is C18H26N4O4. The number of ether oxygens (including phenoxy) is 1. The Labute approximate surface area is 153 Å². The number of pyridine rings is 1. The average molecular weight is 362 g/mol. The Morgan fingerprint density at radius 1 is 1.23 bits per heavy atom. The lowest BCUT2D eigenvalue weighted by Gasteiger charge is -2.43. The quantitative estimate of drug-likeness (QED) is 0.869. The molecular weight excluding hydrogens is 336 g/mol. The summed E-state index contributed by atoms with van der Waals surface area (Å²) in [6, 6.07) is 3.35. The van der Waals surface area contributed by atoms with Crippen molar-refractivity contribution in [3.63, 3.8) is 0 Å². The summed E-state index contributed by atoms with van der Waals surface area (Å²) in [5.74, 6) is -0.305. The lowest BCUT2D eigenvalue weighted by Crippen LogP contribution is -2.56. The Morgan fingerprint density at radius 3 is 2.69 bits per heavy atom. The third kappa shape index (κ3) is 4.07. The number of aromatic hydroxyl groups is 1. The molecule has 3 rings (SSSR count). The summed E-state index contributed by atoms with van der Waals surface area (Å²) >= 11 is 0. The van der Waals surface area contributed by atoms with Crippen molar-refractivity contribution < 1.29 is 19.4 Å². The van der Waals surface area contributed by atoms with Gasteiger partial charge in [0.25, 0.3) is 5.91 Å². The third-order valence-corrected chi connectivity index (χ3v) is 5.03. The van der Waals surface area contributed by atoms with Crippen LogP contribution < -0.4 is 0 Å². The first-order chi connectivity index (χ1) is 12.6. The van der Waals surface area contributed by atoms with Gasteiger partial charge in [-0.25, -0.2) is 9.78 Å². The van der Waals surface area contributed by atoms with Crippen LogP contribution in [0.1, 0.15) is 30.3 Å². The van der Waals surface area contributed by atoms with E-state index in [0.29, 0.717) is 32.8 Å². The summed E-state index contributed by atoms with van der Waals surface area (Å²) in [6.45, 7) is 6.33. The zero-order valence-corrected chi connectivity index (χ0v) is 15.1. The van der Waals surface area contributed by atoms with Crippen molar-refractivity contribution in [2.45, 2.75) is 25.8 Å². The first-order valence-electron chi connectivity index (χ1n) is 9.19. The summed E-state index contributed by atoms with van der Waals surface area (Å²) in [5.41, 5.74) is 0.111. The van der Waals surface area contributed by atoms with E-state index in [0.717, 1.165) is 25.9 Å². The van der Waals surface area contributed by atoms with Gasteiger partial charge in [-0.05, 0) is 31.9 Å². The number of nitrogens with zero attached hydrogens (tertiary/aromatic N) is 4. The summed E-state index contributed by atoms with van der Waals surface area (Å²) < 4.78 is 5.06. The molecule has 0 aliphatic carbocycles. The average Bonchev–Trinajstić information content (AvgIpc) is 2.68. The van der Waals surface area contributed by atoms with Crippen LogP contribution in [0, 0.1) is 0 Å². The molecule has 26 heavy (non-hydrogen) atoms. The van der Waals surface area contributed by atoms with Gasteiger partial charge in [-0.2, -0.15) is 0 Å². The minimum absolute atomic E-state index is 0.0809. The van der Waals surface area contributed by atoms with Crippen LogP contribution in [0.4, 0.5) is 4.79 Å². The van der Waals surface area contributed by atoms with Crippen LogP contribution in [-0.2, 0) is 4.74 Å². The number of carbonyl (C=O) groups is 2. The molecule has 0 radical (unpaired) electrons. The van der Waals surface area contributed by atoms with Gasteiger partial charge in [-0.3, -0.25) is 9.69 Å². The smallest absolute Gasteiger partial charge is 0.409 e. The molecule has 2 amide bonds. The lowest BCUT2D eigenvalue weighted by atomic mass is 10.0. The third-order valence-electron chi connectivity index (χ3n) is 5.03. The number of piperazine rings is 1. The standard InChI is InChI=1S/C18H26N4O4/c1-2-26-18(25)21-11-9-20(10-12-21)14-5-4-8-22(13-14)17(24)16-15(23)6-3-7-19-16/h3,6-7,14,23H,2,4-5,8-13H2,1H3/t14-/m1/s1. The van der Waals surface area contributed by atoms with Crippen molar-refractivity contribution in [3.8, 4) is 5.75 Å². The Hall–Kier alpha value is -2.35. The van der Waals surface area contributed by atoms with Gasteiger partial charge in [0.2, 0.25) is 0 Å². The molecule has 2 saturated heterocycles. The van der Waals surface area contributed by atoms with Crippen LogP contribution in [0.2, 0.25) is 0 Å². The van der Waals surface area contributed by atoms with Gasteiger partial charge in [0.05, 0.1) is 6.61 Å². The minimum atomic E-state index is -0.252. The van der Waals surface area contributed by atoms with Gasteiger partial charge in [0.15, 0.2) is 5.69 Å². The van der Waals surface area contributed by atoms with Crippen LogP contribution >= 0.6 is 0 Å². The summed E-state index contributed by atoms with van der Waals surface area (Å²) in [4.78, 5) is 34.4. The molecule has 1 N–H and O–H groups in total. The highest BCUT2D eigenvalue weighted by Crippen LogP contribution is 2.22. The predicted molar refractivity (Wildman–Crippen MR) is 95.0 cm³/mol. The number of carbonyl (C=O) groups excluding carboxylic acids is 2. The second-order valence-electron chi connectivity index (χ2n) is 6.64. The van der Waals surface area contributed by atoms with Crippen molar-refractivity contribution in [3.05, 3.63) is 24.0 Å². The zero-order chi connectivity index (χ0) is 18.5. The summed E-state index contributed by atoms with van der Waals surface area (Å²) in [5, 5.41) is 9.88. The Morgan fingerprint density at radius 2 is 2.00 bits per heavy atom. The molecule has 1 atom stereocenters. The maximum absolute atomic E-state index is 12.7. The number of hydrogen-bond donors (Lipinski definition) is 1. The van der Waals surface area contributed by atoms with Crippen LogP contribution in [-0.4, -0.2) is 88.7 Å². The maximum atomic E-state index is 12.7. The minimum Gasteiger partial charge on any atom is -0.505 e. The van der Waals surface area contributed by atoms with E-state index in [2.05, 4.69) is 9.88 Å². The largest absolute Gasteiger partial charge is 0.505 e. The topological polar surface area (TPSA) is 86.2 Å². The number of aromatic nitrogens is 1. The molecule has 0 aromatic carbocycles. The molecule has 8 nitrogen and oxygen atoms in total. The molecule has 1 aromatic heterocycles. The van der Waals surface area contributed by atoms with E-state index in [1.165, 1.54) is 12.3 Å². The summed E-state index contributed by atoms with van der Waals surface area (Å²) in [6.07, 6.45) is 3.21. The van der Waals surface area contributed by atoms with Crippen LogP contribution in [0.5, 0.6) is 5.75 Å². The van der Waals surface area contributed by atoms with Crippen molar-refractivity contribution in [1.82, 2.24) is 19.7 Å². The van der Waals surface area contributed by atoms with Gasteiger partial charge in [0.1, 0.15) is 5.75 Å². The molecule has 0 spiro atoms. The SMILES string of the molecule is CCOC(=O)N1CCN([C@@H]2CCCN(C(=O)c3ncccc3O)C2)CC1. The van der Waals surface area contributed by atoms with Crippen molar-refractivity contribution in [1.29, 1.82) is 0 Å². The van der Waals surface area contributed by atoms with E-state index in [1.807, 2.05) is 0 Å². The van der Waals surface area contributed by atoms with Crippen molar-refractivity contribution >= 4 is 12.0 Å². The second kappa shape index (κ2) is 8.35. The molecule has 1 aromatic rings. The fraction of sp³-hybridized carbons (Fsp3) is 0.611. The Kier molecular flexibility index (Phi) is 5.92. The highest BCUT2D eigenvalue weighted by atomic mass is 16.6. The number of piperidine rings is 1. The lowest BCUT2D eigenvalue weighted by molar-refractivity contribution is 0.0374. The molecule has 0 saturated carbocycles. The fourth-order valence-electron chi connectivity index (χ4n) is 3.63. The van der Waals surface area contributed by atoms with E-state index in [-0.39, 0.29) is 29.5 Å². The number of amides is 2. The van der Waals surface area contributed by atoms with E-state index >= 15 is 0 Å². The zero-order valence-electron chi connectivity index (χ0n) is 15.1. The molecule has 8 heteroatoms. The first-order valence-corrected chi connectivity index (χ1v) is 9.19. The molecule has 3 heterocycles. The highest BCUT2D eigenvalue weighted by molar-refractivity contribution is 5.94. The highest BCUT2D eigenvalue weighted by Gasteiger charge is 2.32. The van der Waals surface area contributed by atoms with Gasteiger partial charge in [-0.15, -0.1) is 0 Å². The molecule has 2 aliphatic heterocycles. The number of rotatable bonds is 3. The monoisotopic (exact) mass is 362 g/mol. The molecule has 142 valence electrons. The van der Waals surface area contributed by atoms with Gasteiger partial charge in [-0.1, -0.05) is 0 Å². The van der Waals surface area contributed by atoms with E-state index in [9.17, 15) is 14.7 Å². The van der Waals surface area contributed by atoms with Gasteiger partial charge in [0, 0.05) is 51.5 Å². The maximum Gasteiger partial charge on any atom is 0.409 e. The molecule has 2 fully saturated rings. The molecule has 0 unspecified atom stereocenters. The van der Waals surface area contributed by atoms with Crippen LogP contribution in [0.25, 0.3) is 0 Å². The van der Waals surface area contributed by atoms with Crippen molar-refractivity contribution in [2.24, 2.45) is 0 Å². The molecule has 0 bridgehead atoms. The number of likely N-dealkylation sites (tertiary alicyclic amines) is 1. The van der Waals surface area contributed by atoms with Gasteiger partial charge >= 0.3 is 6.09 Å². The molecule has 2 aliphatic rings. The summed E-state index contributed by atoms with van der Waals surface area (Å²) in [7, 11) is 0. The second-order valence-corrected chi connectivity index (χ2v) is 6.64. The fourth-order valence-corrected chi connectivity index (χ4v) is 3.63. The van der Waals surface area contributed by atoms with Gasteiger partial charge < -0.3 is 19.6 Å². The normalized spacial score (nSPS) is 21.5.